The summed E-state index contributed by atoms with van der Waals surface area (Å²) in [5.74, 6) is 0.695. The number of hydrogen-bond acceptors (Lipinski definition) is 4. The predicted octanol–water partition coefficient (Wildman–Crippen LogP) is 4.77. The van der Waals surface area contributed by atoms with E-state index in [1.807, 2.05) is 79.8 Å². The molecule has 0 aromatic heterocycles. The van der Waals surface area contributed by atoms with Crippen LogP contribution in [-0.4, -0.2) is 44.2 Å². The molecular weight excluding hydrogens is 440 g/mol. The summed E-state index contributed by atoms with van der Waals surface area (Å²) in [6.45, 7) is 0.568. The summed E-state index contributed by atoms with van der Waals surface area (Å²) in [5, 5.41) is 3.22. The highest BCUT2D eigenvalue weighted by atomic mass is 16.6. The van der Waals surface area contributed by atoms with Crippen LogP contribution >= 0.6 is 0 Å². The number of rotatable bonds is 8. The van der Waals surface area contributed by atoms with E-state index >= 15 is 0 Å². The van der Waals surface area contributed by atoms with Gasteiger partial charge in [-0.25, -0.2) is 9.59 Å². The van der Waals surface area contributed by atoms with Crippen LogP contribution in [0.5, 0.6) is 5.75 Å². The van der Waals surface area contributed by atoms with Crippen LogP contribution in [0.3, 0.4) is 0 Å². The highest BCUT2D eigenvalue weighted by Crippen LogP contribution is 2.32. The first-order chi connectivity index (χ1) is 17.0. The largest absolute Gasteiger partial charge is 0.482 e. The van der Waals surface area contributed by atoms with E-state index in [-0.39, 0.29) is 18.7 Å². The maximum atomic E-state index is 13.2. The molecule has 3 aromatic rings. The first-order valence-corrected chi connectivity index (χ1v) is 12.0. The van der Waals surface area contributed by atoms with Crippen molar-refractivity contribution in [2.45, 2.75) is 25.3 Å². The minimum absolute atomic E-state index is 0.0938. The van der Waals surface area contributed by atoms with Crippen molar-refractivity contribution in [1.29, 1.82) is 0 Å². The normalized spacial score (nSPS) is 14.7. The molecule has 2 amide bonds. The fraction of sp³-hybridized carbons (Fsp3) is 0.310. The van der Waals surface area contributed by atoms with Gasteiger partial charge >= 0.3 is 12.0 Å². The molecule has 0 saturated carbocycles. The summed E-state index contributed by atoms with van der Waals surface area (Å²) < 4.78 is 10.4. The Hall–Kier alpha value is -3.80. The minimum Gasteiger partial charge on any atom is -0.482 e. The smallest absolute Gasteiger partial charge is 0.343 e. The molecule has 4 rings (SSSR count). The van der Waals surface area contributed by atoms with Crippen LogP contribution in [0.2, 0.25) is 0 Å². The molecule has 1 unspecified atom stereocenters. The molecule has 0 heterocycles. The quantitative estimate of drug-likeness (QED) is 0.480. The Morgan fingerprint density at radius 1 is 0.971 bits per heavy atom. The monoisotopic (exact) mass is 472 g/mol. The van der Waals surface area contributed by atoms with Crippen LogP contribution in [0, 0.1) is 5.92 Å². The number of methoxy groups -OCH3 is 1. The molecule has 6 nitrogen and oxygen atoms in total. The second-order valence-electron chi connectivity index (χ2n) is 8.95. The summed E-state index contributed by atoms with van der Waals surface area (Å²) in [5.41, 5.74) is 4.45. The lowest BCUT2D eigenvalue weighted by molar-refractivity contribution is -0.142. The van der Waals surface area contributed by atoms with Gasteiger partial charge in [0.05, 0.1) is 13.2 Å². The molecule has 1 atom stereocenters. The van der Waals surface area contributed by atoms with Crippen LogP contribution in [0.1, 0.15) is 34.7 Å². The van der Waals surface area contributed by atoms with E-state index in [1.54, 1.807) is 4.90 Å². The number of urea groups is 1. The van der Waals surface area contributed by atoms with E-state index in [1.165, 1.54) is 12.7 Å². The SMILES string of the molecule is COC(=O)COc1cccc2c1CCC(CN(C)C(=O)NC(c1ccccc1)c1ccccc1)C2. The van der Waals surface area contributed by atoms with Crippen LogP contribution in [0.15, 0.2) is 78.9 Å². The van der Waals surface area contributed by atoms with Gasteiger partial charge in [0.2, 0.25) is 0 Å². The number of hydrogen-bond donors (Lipinski definition) is 1. The van der Waals surface area contributed by atoms with Crippen molar-refractivity contribution in [3.8, 4) is 5.75 Å². The Balaban J connectivity index is 1.40. The average Bonchev–Trinajstić information content (AvgIpc) is 2.90. The molecule has 1 aliphatic rings. The second kappa shape index (κ2) is 11.6. The molecule has 0 bridgehead atoms. The standard InChI is InChI=1S/C29H32N2O4/c1-31(29(33)30-28(22-10-5-3-6-11-22)23-12-7-4-8-13-23)19-21-16-17-25-24(18-21)14-9-15-26(25)35-20-27(32)34-2/h3-15,21,28H,16-20H2,1-2H3,(H,30,33). The lowest BCUT2D eigenvalue weighted by Crippen LogP contribution is -2.42. The third-order valence-corrected chi connectivity index (χ3v) is 6.53. The molecule has 0 saturated heterocycles. The number of nitrogens with zero attached hydrogens (tertiary/aromatic N) is 1. The zero-order valence-corrected chi connectivity index (χ0v) is 20.3. The Morgan fingerprint density at radius 2 is 1.63 bits per heavy atom. The number of nitrogens with one attached hydrogen (secondary N) is 1. The Kier molecular flexibility index (Phi) is 8.03. The minimum atomic E-state index is -0.395. The van der Waals surface area contributed by atoms with Gasteiger partial charge in [-0.1, -0.05) is 72.8 Å². The molecule has 0 spiro atoms. The van der Waals surface area contributed by atoms with Gasteiger partial charge in [0.25, 0.3) is 0 Å². The number of carbonyl (C=O) groups is 2. The molecule has 0 aliphatic heterocycles. The van der Waals surface area contributed by atoms with E-state index in [0.717, 1.165) is 41.7 Å². The molecule has 182 valence electrons. The van der Waals surface area contributed by atoms with Crippen molar-refractivity contribution < 1.29 is 19.1 Å². The zero-order valence-electron chi connectivity index (χ0n) is 20.3. The van der Waals surface area contributed by atoms with Crippen LogP contribution < -0.4 is 10.1 Å². The van der Waals surface area contributed by atoms with Crippen molar-refractivity contribution in [3.05, 3.63) is 101 Å². The van der Waals surface area contributed by atoms with Crippen LogP contribution in [0.25, 0.3) is 0 Å². The third kappa shape index (κ3) is 6.21. The number of ether oxygens (including phenoxy) is 2. The Morgan fingerprint density at radius 3 is 2.26 bits per heavy atom. The first-order valence-electron chi connectivity index (χ1n) is 12.0. The number of esters is 1. The highest BCUT2D eigenvalue weighted by molar-refractivity contribution is 5.75. The van der Waals surface area contributed by atoms with Gasteiger partial charge in [-0.05, 0) is 53.5 Å². The molecule has 0 fully saturated rings. The summed E-state index contributed by atoms with van der Waals surface area (Å²) in [7, 11) is 3.21. The van der Waals surface area contributed by atoms with Crippen molar-refractivity contribution in [3.63, 3.8) is 0 Å². The number of carbonyl (C=O) groups excluding carboxylic acids is 2. The van der Waals surface area contributed by atoms with Gasteiger partial charge in [0.15, 0.2) is 6.61 Å². The molecular formula is C29H32N2O4. The molecule has 35 heavy (non-hydrogen) atoms. The average molecular weight is 473 g/mol. The number of amides is 2. The lowest BCUT2D eigenvalue weighted by Gasteiger charge is -2.31. The molecule has 1 N–H and O–H groups in total. The topological polar surface area (TPSA) is 67.9 Å². The second-order valence-corrected chi connectivity index (χ2v) is 8.95. The van der Waals surface area contributed by atoms with Crippen molar-refractivity contribution in [2.24, 2.45) is 5.92 Å². The van der Waals surface area contributed by atoms with E-state index in [4.69, 9.17) is 4.74 Å². The summed E-state index contributed by atoms with van der Waals surface area (Å²) in [6.07, 6.45) is 2.66. The third-order valence-electron chi connectivity index (χ3n) is 6.53. The van der Waals surface area contributed by atoms with Crippen molar-refractivity contribution >= 4 is 12.0 Å². The summed E-state index contributed by atoms with van der Waals surface area (Å²) in [6, 6.07) is 25.7. The maximum absolute atomic E-state index is 13.2. The fourth-order valence-electron chi connectivity index (χ4n) is 4.69. The van der Waals surface area contributed by atoms with Crippen molar-refractivity contribution in [1.82, 2.24) is 10.2 Å². The van der Waals surface area contributed by atoms with Gasteiger partial charge in [-0.3, -0.25) is 0 Å². The Bertz CT molecular complexity index is 1090. The molecule has 3 aromatic carbocycles. The fourth-order valence-corrected chi connectivity index (χ4v) is 4.69. The van der Waals surface area contributed by atoms with Crippen LogP contribution in [0.4, 0.5) is 4.79 Å². The zero-order chi connectivity index (χ0) is 24.6. The van der Waals surface area contributed by atoms with Gasteiger partial charge in [-0.15, -0.1) is 0 Å². The van der Waals surface area contributed by atoms with Gasteiger partial charge in [-0.2, -0.15) is 0 Å². The van der Waals surface area contributed by atoms with Crippen molar-refractivity contribution in [2.75, 3.05) is 27.3 Å². The number of fused-ring (bicyclic) bond motifs is 1. The summed E-state index contributed by atoms with van der Waals surface area (Å²) >= 11 is 0. The molecule has 6 heteroatoms. The Labute approximate surface area is 206 Å². The van der Waals surface area contributed by atoms with E-state index in [0.29, 0.717) is 12.5 Å². The predicted molar refractivity (Wildman–Crippen MR) is 135 cm³/mol. The van der Waals surface area contributed by atoms with Gasteiger partial charge < -0.3 is 19.7 Å². The first kappa shape index (κ1) is 24.3. The van der Waals surface area contributed by atoms with E-state index in [9.17, 15) is 9.59 Å². The van der Waals surface area contributed by atoms with Gasteiger partial charge in [0.1, 0.15) is 5.75 Å². The lowest BCUT2D eigenvalue weighted by atomic mass is 9.83. The van der Waals surface area contributed by atoms with Gasteiger partial charge in [0, 0.05) is 13.6 Å². The van der Waals surface area contributed by atoms with E-state index in [2.05, 4.69) is 16.1 Å². The van der Waals surface area contributed by atoms with E-state index < -0.39 is 5.97 Å². The summed E-state index contributed by atoms with van der Waals surface area (Å²) in [4.78, 5) is 26.4. The number of benzene rings is 3. The molecule has 1 aliphatic carbocycles. The highest BCUT2D eigenvalue weighted by Gasteiger charge is 2.25. The molecule has 0 radical (unpaired) electrons. The maximum Gasteiger partial charge on any atom is 0.343 e. The van der Waals surface area contributed by atoms with Crippen LogP contribution in [-0.2, 0) is 22.4 Å².